The van der Waals surface area contributed by atoms with Gasteiger partial charge in [-0.15, -0.1) is 23.2 Å². The number of benzene rings is 1. The van der Waals surface area contributed by atoms with Gasteiger partial charge in [0.05, 0.1) is 11.4 Å². The third-order valence-corrected chi connectivity index (χ3v) is 4.48. The fourth-order valence-corrected chi connectivity index (χ4v) is 3.02. The SMILES string of the molecule is CC(CCCC(=O)O)N(C)c1ccc(N(CCCl)CCCl)cc1N. The van der Waals surface area contributed by atoms with E-state index in [2.05, 4.69) is 16.7 Å². The number of carboxylic acid groups (broad SMARTS) is 1. The molecule has 0 spiro atoms. The molecule has 3 N–H and O–H groups in total. The van der Waals surface area contributed by atoms with Crippen LogP contribution in [0.5, 0.6) is 0 Å². The number of nitrogens with zero attached hydrogens (tertiary/aromatic N) is 2. The first-order valence-corrected chi connectivity index (χ1v) is 9.18. The molecule has 136 valence electrons. The number of hydrogen-bond acceptors (Lipinski definition) is 4. The van der Waals surface area contributed by atoms with Gasteiger partial charge in [0.25, 0.3) is 0 Å². The van der Waals surface area contributed by atoms with Gasteiger partial charge in [0, 0.05) is 50.0 Å². The summed E-state index contributed by atoms with van der Waals surface area (Å²) in [6.45, 7) is 3.51. The summed E-state index contributed by atoms with van der Waals surface area (Å²) >= 11 is 11.7. The topological polar surface area (TPSA) is 69.8 Å². The van der Waals surface area contributed by atoms with Gasteiger partial charge in [0.15, 0.2) is 0 Å². The zero-order chi connectivity index (χ0) is 18.1. The number of nitrogens with two attached hydrogens (primary N) is 1. The lowest BCUT2D eigenvalue weighted by Crippen LogP contribution is -2.30. The van der Waals surface area contributed by atoms with Crippen LogP contribution < -0.4 is 15.5 Å². The van der Waals surface area contributed by atoms with Gasteiger partial charge in [-0.3, -0.25) is 4.79 Å². The van der Waals surface area contributed by atoms with E-state index in [1.165, 1.54) is 0 Å². The van der Waals surface area contributed by atoms with Crippen molar-refractivity contribution in [3.05, 3.63) is 18.2 Å². The standard InChI is InChI=1S/C17H27Cl2N3O2/c1-13(4-3-5-17(23)24)21(2)16-7-6-14(12-15(16)20)22(10-8-18)11-9-19/h6-7,12-13H,3-5,8-11,20H2,1-2H3,(H,23,24). The molecule has 1 rings (SSSR count). The van der Waals surface area contributed by atoms with Crippen LogP contribution in [0.4, 0.5) is 17.1 Å². The van der Waals surface area contributed by atoms with E-state index in [1.54, 1.807) is 0 Å². The molecular weight excluding hydrogens is 349 g/mol. The van der Waals surface area contributed by atoms with Crippen LogP contribution in [0.3, 0.4) is 0 Å². The van der Waals surface area contributed by atoms with Gasteiger partial charge in [0.1, 0.15) is 0 Å². The van der Waals surface area contributed by atoms with E-state index in [4.69, 9.17) is 34.0 Å². The lowest BCUT2D eigenvalue weighted by Gasteiger charge is -2.30. The zero-order valence-electron chi connectivity index (χ0n) is 14.3. The van der Waals surface area contributed by atoms with Crippen molar-refractivity contribution in [3.63, 3.8) is 0 Å². The molecule has 5 nitrogen and oxygen atoms in total. The molecule has 0 amide bonds. The summed E-state index contributed by atoms with van der Waals surface area (Å²) in [5.41, 5.74) is 8.87. The summed E-state index contributed by atoms with van der Waals surface area (Å²) in [5.74, 6) is 0.297. The number of carbonyl (C=O) groups is 1. The maximum atomic E-state index is 10.6. The molecule has 0 saturated heterocycles. The second-order valence-electron chi connectivity index (χ2n) is 5.85. The third-order valence-electron chi connectivity index (χ3n) is 4.14. The number of hydrogen-bond donors (Lipinski definition) is 2. The number of halogens is 2. The lowest BCUT2D eigenvalue weighted by atomic mass is 10.1. The number of aliphatic carboxylic acids is 1. The van der Waals surface area contributed by atoms with Crippen LogP contribution >= 0.6 is 23.2 Å². The average Bonchev–Trinajstić information content (AvgIpc) is 2.53. The fraction of sp³-hybridized carbons (Fsp3) is 0.588. The number of anilines is 3. The minimum atomic E-state index is -0.757. The van der Waals surface area contributed by atoms with Crippen molar-refractivity contribution in [2.45, 2.75) is 32.2 Å². The Morgan fingerprint density at radius 3 is 2.42 bits per heavy atom. The fourth-order valence-electron chi connectivity index (χ4n) is 2.61. The summed E-state index contributed by atoms with van der Waals surface area (Å²) in [4.78, 5) is 14.8. The molecule has 0 fully saturated rings. The first-order chi connectivity index (χ1) is 11.4. The normalized spacial score (nSPS) is 12.0. The van der Waals surface area contributed by atoms with E-state index in [0.717, 1.165) is 17.8 Å². The van der Waals surface area contributed by atoms with Crippen LogP contribution in [0.2, 0.25) is 0 Å². The quantitative estimate of drug-likeness (QED) is 0.456. The number of carboxylic acids is 1. The Morgan fingerprint density at radius 2 is 1.92 bits per heavy atom. The van der Waals surface area contributed by atoms with E-state index >= 15 is 0 Å². The van der Waals surface area contributed by atoms with E-state index in [-0.39, 0.29) is 12.5 Å². The van der Waals surface area contributed by atoms with Crippen LogP contribution in [-0.4, -0.2) is 49.0 Å². The molecule has 0 saturated carbocycles. The van der Waals surface area contributed by atoms with Crippen molar-refractivity contribution in [3.8, 4) is 0 Å². The minimum Gasteiger partial charge on any atom is -0.481 e. The Labute approximate surface area is 154 Å². The molecule has 24 heavy (non-hydrogen) atoms. The highest BCUT2D eigenvalue weighted by Crippen LogP contribution is 2.29. The van der Waals surface area contributed by atoms with Crippen molar-refractivity contribution in [2.75, 3.05) is 47.4 Å². The molecule has 1 atom stereocenters. The van der Waals surface area contributed by atoms with Gasteiger partial charge >= 0.3 is 5.97 Å². The molecule has 7 heteroatoms. The van der Waals surface area contributed by atoms with Crippen molar-refractivity contribution < 1.29 is 9.90 Å². The van der Waals surface area contributed by atoms with Crippen molar-refractivity contribution in [1.29, 1.82) is 0 Å². The summed E-state index contributed by atoms with van der Waals surface area (Å²) in [6.07, 6.45) is 1.64. The van der Waals surface area contributed by atoms with Crippen LogP contribution in [-0.2, 0) is 4.79 Å². The van der Waals surface area contributed by atoms with Gasteiger partial charge in [-0.1, -0.05) is 0 Å². The molecule has 1 aromatic carbocycles. The molecule has 0 aliphatic carbocycles. The molecular formula is C17H27Cl2N3O2. The van der Waals surface area contributed by atoms with Gasteiger partial charge in [-0.2, -0.15) is 0 Å². The molecule has 1 aromatic rings. The number of alkyl halides is 2. The summed E-state index contributed by atoms with van der Waals surface area (Å²) in [5, 5.41) is 8.74. The Kier molecular flexibility index (Phi) is 9.08. The van der Waals surface area contributed by atoms with Crippen molar-refractivity contribution in [2.24, 2.45) is 0 Å². The molecule has 0 aromatic heterocycles. The Morgan fingerprint density at radius 1 is 1.29 bits per heavy atom. The Bertz CT molecular complexity index is 523. The number of nitrogen functional groups attached to an aromatic ring is 1. The van der Waals surface area contributed by atoms with Crippen molar-refractivity contribution >= 4 is 46.2 Å². The van der Waals surface area contributed by atoms with E-state index in [9.17, 15) is 4.79 Å². The van der Waals surface area contributed by atoms with Gasteiger partial charge < -0.3 is 20.6 Å². The molecule has 0 aliphatic heterocycles. The second-order valence-corrected chi connectivity index (χ2v) is 6.61. The van der Waals surface area contributed by atoms with Gasteiger partial charge in [-0.05, 0) is 38.0 Å². The molecule has 1 unspecified atom stereocenters. The summed E-state index contributed by atoms with van der Waals surface area (Å²) in [7, 11) is 1.98. The van der Waals surface area contributed by atoms with Crippen LogP contribution in [0.1, 0.15) is 26.2 Å². The van der Waals surface area contributed by atoms with E-state index in [1.807, 2.05) is 25.2 Å². The maximum absolute atomic E-state index is 10.6. The summed E-state index contributed by atoms with van der Waals surface area (Å²) in [6, 6.07) is 6.16. The predicted molar refractivity (Wildman–Crippen MR) is 104 cm³/mol. The third kappa shape index (κ3) is 6.29. The molecule has 0 radical (unpaired) electrons. The van der Waals surface area contributed by atoms with E-state index in [0.29, 0.717) is 37.0 Å². The lowest BCUT2D eigenvalue weighted by molar-refractivity contribution is -0.137. The monoisotopic (exact) mass is 375 g/mol. The summed E-state index contributed by atoms with van der Waals surface area (Å²) < 4.78 is 0. The zero-order valence-corrected chi connectivity index (χ0v) is 15.9. The maximum Gasteiger partial charge on any atom is 0.303 e. The molecule has 0 heterocycles. The molecule has 0 aliphatic rings. The first-order valence-electron chi connectivity index (χ1n) is 8.11. The van der Waals surface area contributed by atoms with Gasteiger partial charge in [0.2, 0.25) is 0 Å². The average molecular weight is 376 g/mol. The Balaban J connectivity index is 2.80. The van der Waals surface area contributed by atoms with Crippen LogP contribution in [0.25, 0.3) is 0 Å². The van der Waals surface area contributed by atoms with Crippen LogP contribution in [0.15, 0.2) is 18.2 Å². The second kappa shape index (κ2) is 10.5. The number of rotatable bonds is 11. The van der Waals surface area contributed by atoms with E-state index < -0.39 is 5.97 Å². The van der Waals surface area contributed by atoms with Crippen LogP contribution in [0, 0.1) is 0 Å². The molecule has 0 bridgehead atoms. The first kappa shape index (κ1) is 20.7. The highest BCUT2D eigenvalue weighted by molar-refractivity contribution is 6.18. The van der Waals surface area contributed by atoms with Crippen molar-refractivity contribution in [1.82, 2.24) is 0 Å². The predicted octanol–water partition coefficient (Wildman–Crippen LogP) is 3.63. The minimum absolute atomic E-state index is 0.193. The highest BCUT2D eigenvalue weighted by Gasteiger charge is 2.15. The smallest absolute Gasteiger partial charge is 0.303 e. The largest absolute Gasteiger partial charge is 0.481 e. The highest BCUT2D eigenvalue weighted by atomic mass is 35.5. The Hall–Kier alpha value is -1.33. The van der Waals surface area contributed by atoms with Gasteiger partial charge in [-0.25, -0.2) is 0 Å².